The molecule has 0 bridgehead atoms. The van der Waals surface area contributed by atoms with Gasteiger partial charge in [-0.2, -0.15) is 0 Å². The van der Waals surface area contributed by atoms with Gasteiger partial charge in [-0.05, 0) is 31.6 Å². The molecule has 2 N–H and O–H groups in total. The van der Waals surface area contributed by atoms with Crippen molar-refractivity contribution < 1.29 is 19.4 Å². The van der Waals surface area contributed by atoms with Crippen LogP contribution in [0.4, 0.5) is 0 Å². The highest BCUT2D eigenvalue weighted by atomic mass is 16.5. The van der Waals surface area contributed by atoms with Crippen molar-refractivity contribution in [2.45, 2.75) is 71.3 Å². The molecule has 1 amide bonds. The van der Waals surface area contributed by atoms with E-state index < -0.39 is 0 Å². The number of carbonyl (C=O) groups excluding carboxylic acids is 2. The number of nitrogens with one attached hydrogen (secondary N) is 1. The molecule has 0 spiro atoms. The van der Waals surface area contributed by atoms with Crippen molar-refractivity contribution in [3.8, 4) is 0 Å². The van der Waals surface area contributed by atoms with Gasteiger partial charge in [0, 0.05) is 38.0 Å². The molecule has 2 aliphatic carbocycles. The number of ketones is 1. The monoisotopic (exact) mass is 341 g/mol. The summed E-state index contributed by atoms with van der Waals surface area (Å²) in [5.74, 6) is 1.36. The molecule has 2 aliphatic rings. The third kappa shape index (κ3) is 7.31. The lowest BCUT2D eigenvalue weighted by Crippen LogP contribution is -2.47. The second-order valence-electron chi connectivity index (χ2n) is 7.32. The summed E-state index contributed by atoms with van der Waals surface area (Å²) in [5.41, 5.74) is 0. The first-order valence-electron chi connectivity index (χ1n) is 9.41. The van der Waals surface area contributed by atoms with Crippen LogP contribution in [0.1, 0.15) is 65.2 Å². The predicted molar refractivity (Wildman–Crippen MR) is 94.7 cm³/mol. The van der Waals surface area contributed by atoms with Crippen molar-refractivity contribution in [2.75, 3.05) is 20.3 Å². The van der Waals surface area contributed by atoms with Crippen LogP contribution in [-0.2, 0) is 14.3 Å². The zero-order valence-electron chi connectivity index (χ0n) is 15.6. The quantitative estimate of drug-likeness (QED) is 0.666. The Labute approximate surface area is 146 Å². The summed E-state index contributed by atoms with van der Waals surface area (Å²) in [7, 11) is 1.00. The maximum absolute atomic E-state index is 11.8. The van der Waals surface area contributed by atoms with Crippen LogP contribution in [0.25, 0.3) is 0 Å². The van der Waals surface area contributed by atoms with Gasteiger partial charge in [0.15, 0.2) is 0 Å². The molecule has 0 aliphatic heterocycles. The number of rotatable bonds is 8. The molecule has 0 aromatic heterocycles. The number of amides is 1. The summed E-state index contributed by atoms with van der Waals surface area (Å²) in [6.07, 6.45) is 8.63. The van der Waals surface area contributed by atoms with E-state index in [1.165, 1.54) is 32.1 Å². The van der Waals surface area contributed by atoms with Gasteiger partial charge < -0.3 is 15.2 Å². The van der Waals surface area contributed by atoms with Crippen molar-refractivity contribution in [2.24, 2.45) is 17.8 Å². The van der Waals surface area contributed by atoms with Gasteiger partial charge in [-0.1, -0.05) is 33.1 Å². The normalized spacial score (nSPS) is 23.9. The van der Waals surface area contributed by atoms with E-state index in [0.29, 0.717) is 24.7 Å². The Hall–Kier alpha value is -0.940. The zero-order valence-corrected chi connectivity index (χ0v) is 15.6. The average molecular weight is 341 g/mol. The summed E-state index contributed by atoms with van der Waals surface area (Å²) < 4.78 is 5.65. The molecule has 2 saturated carbocycles. The molecule has 0 heterocycles. The Morgan fingerprint density at radius 2 is 1.75 bits per heavy atom. The molecule has 140 valence electrons. The van der Waals surface area contributed by atoms with Crippen LogP contribution in [0.3, 0.4) is 0 Å². The number of Topliss-reactive ketones (excluding diaryl/α,β-unsaturated/α-hetero) is 1. The number of aliphatic hydroxyl groups is 1. The second kappa shape index (κ2) is 11.6. The van der Waals surface area contributed by atoms with Gasteiger partial charge in [0.1, 0.15) is 5.78 Å². The van der Waals surface area contributed by atoms with Crippen LogP contribution in [0, 0.1) is 17.8 Å². The van der Waals surface area contributed by atoms with Crippen LogP contribution in [0.2, 0.25) is 0 Å². The topological polar surface area (TPSA) is 75.6 Å². The van der Waals surface area contributed by atoms with Crippen molar-refractivity contribution in [3.05, 3.63) is 0 Å². The minimum Gasteiger partial charge on any atom is -0.400 e. The van der Waals surface area contributed by atoms with Gasteiger partial charge in [0.2, 0.25) is 5.91 Å². The number of hydrogen-bond donors (Lipinski definition) is 2. The van der Waals surface area contributed by atoms with E-state index in [9.17, 15) is 9.59 Å². The Balaban J connectivity index is 0.00000139. The highest BCUT2D eigenvalue weighted by Gasteiger charge is 2.35. The Bertz CT molecular complexity index is 372. The SMILES string of the molecule is CC(C)C(=O)C1CC(NC(=O)CCOCC2CCCCC2)C1.CO. The fourth-order valence-electron chi connectivity index (χ4n) is 3.51. The van der Waals surface area contributed by atoms with Gasteiger partial charge in [-0.3, -0.25) is 9.59 Å². The van der Waals surface area contributed by atoms with E-state index in [0.717, 1.165) is 26.6 Å². The van der Waals surface area contributed by atoms with Gasteiger partial charge >= 0.3 is 0 Å². The molecule has 2 rings (SSSR count). The molecule has 5 nitrogen and oxygen atoms in total. The van der Waals surface area contributed by atoms with E-state index >= 15 is 0 Å². The van der Waals surface area contributed by atoms with Crippen molar-refractivity contribution in [1.82, 2.24) is 5.32 Å². The minimum absolute atomic E-state index is 0.0593. The van der Waals surface area contributed by atoms with Crippen molar-refractivity contribution in [3.63, 3.8) is 0 Å². The molecule has 0 aromatic rings. The van der Waals surface area contributed by atoms with Gasteiger partial charge in [0.25, 0.3) is 0 Å². The number of carbonyl (C=O) groups is 2. The standard InChI is InChI=1S/C18H31NO3.CH4O/c1-13(2)18(21)15-10-16(11-15)19-17(20)8-9-22-12-14-6-4-3-5-7-14;1-2/h13-16H,3-12H2,1-2H3,(H,19,20);2H,1H3. The molecule has 0 aromatic carbocycles. The average Bonchev–Trinajstić information content (AvgIpc) is 2.56. The van der Waals surface area contributed by atoms with Gasteiger partial charge in [-0.25, -0.2) is 0 Å². The van der Waals surface area contributed by atoms with E-state index in [-0.39, 0.29) is 23.8 Å². The molecule has 0 radical (unpaired) electrons. The Morgan fingerprint density at radius 1 is 1.12 bits per heavy atom. The van der Waals surface area contributed by atoms with Crippen molar-refractivity contribution in [1.29, 1.82) is 0 Å². The predicted octanol–water partition coefficient (Wildman–Crippen LogP) is 2.70. The van der Waals surface area contributed by atoms with Crippen LogP contribution in [0.15, 0.2) is 0 Å². The molecule has 0 unspecified atom stereocenters. The fourth-order valence-corrected chi connectivity index (χ4v) is 3.51. The lowest BCUT2D eigenvalue weighted by Gasteiger charge is -2.35. The highest BCUT2D eigenvalue weighted by molar-refractivity contribution is 5.84. The van der Waals surface area contributed by atoms with Gasteiger partial charge in [-0.15, -0.1) is 0 Å². The molecule has 2 fully saturated rings. The summed E-state index contributed by atoms with van der Waals surface area (Å²) in [6.45, 7) is 5.21. The molecule has 24 heavy (non-hydrogen) atoms. The van der Waals surface area contributed by atoms with Crippen molar-refractivity contribution >= 4 is 11.7 Å². The number of hydrogen-bond acceptors (Lipinski definition) is 4. The smallest absolute Gasteiger partial charge is 0.222 e. The molecular formula is C19H35NO4. The first-order chi connectivity index (χ1) is 11.6. The third-order valence-electron chi connectivity index (χ3n) is 5.03. The van der Waals surface area contributed by atoms with Crippen LogP contribution < -0.4 is 5.32 Å². The number of aliphatic hydroxyl groups excluding tert-OH is 1. The molecule has 0 saturated heterocycles. The summed E-state index contributed by atoms with van der Waals surface area (Å²) >= 11 is 0. The van der Waals surface area contributed by atoms with E-state index in [4.69, 9.17) is 9.84 Å². The van der Waals surface area contributed by atoms with Crippen LogP contribution >= 0.6 is 0 Å². The summed E-state index contributed by atoms with van der Waals surface area (Å²) in [5, 5.41) is 10.0. The Morgan fingerprint density at radius 3 is 2.33 bits per heavy atom. The van der Waals surface area contributed by atoms with Crippen LogP contribution in [-0.4, -0.2) is 43.2 Å². The van der Waals surface area contributed by atoms with E-state index in [1.807, 2.05) is 13.8 Å². The fraction of sp³-hybridized carbons (Fsp3) is 0.895. The maximum Gasteiger partial charge on any atom is 0.222 e. The maximum atomic E-state index is 11.8. The third-order valence-corrected chi connectivity index (χ3v) is 5.03. The first-order valence-corrected chi connectivity index (χ1v) is 9.41. The molecular weight excluding hydrogens is 306 g/mol. The largest absolute Gasteiger partial charge is 0.400 e. The summed E-state index contributed by atoms with van der Waals surface area (Å²) in [6, 6.07) is 0.193. The lowest BCUT2D eigenvalue weighted by molar-refractivity contribution is -0.131. The highest BCUT2D eigenvalue weighted by Crippen LogP contribution is 2.30. The lowest BCUT2D eigenvalue weighted by atomic mass is 9.75. The minimum atomic E-state index is 0.0593. The van der Waals surface area contributed by atoms with E-state index in [2.05, 4.69) is 5.32 Å². The summed E-state index contributed by atoms with van der Waals surface area (Å²) in [4.78, 5) is 23.6. The van der Waals surface area contributed by atoms with Gasteiger partial charge in [0.05, 0.1) is 6.61 Å². The Kier molecular flexibility index (Phi) is 10.2. The molecule has 5 heteroatoms. The molecule has 0 atom stereocenters. The van der Waals surface area contributed by atoms with E-state index in [1.54, 1.807) is 0 Å². The first kappa shape index (κ1) is 21.1. The zero-order chi connectivity index (χ0) is 17.9. The second-order valence-corrected chi connectivity index (χ2v) is 7.32. The number of ether oxygens (including phenoxy) is 1. The van der Waals surface area contributed by atoms with Crippen LogP contribution in [0.5, 0.6) is 0 Å².